The molecule has 1 rings (SSSR count). The number of amides is 1. The van der Waals surface area contributed by atoms with E-state index in [0.717, 1.165) is 17.7 Å². The number of thioether (sulfide) groups is 1. The number of carboxylic acids is 1. The van der Waals surface area contributed by atoms with Crippen molar-refractivity contribution in [1.82, 2.24) is 10.3 Å². The highest BCUT2D eigenvalue weighted by Crippen LogP contribution is 2.23. The Balaban J connectivity index is 2.61. The number of nitrogens with one attached hydrogen (secondary N) is 1. The standard InChI is InChI=1S/C14H20N2O3S/c1-4-5-9(2)16-13(17)10(3)20-11-6-7-15-12(8-11)14(18)19/h6-10H,4-5H2,1-3H3,(H,16,17)(H,18,19). The molecule has 1 aromatic rings. The number of rotatable bonds is 7. The van der Waals surface area contributed by atoms with Crippen molar-refractivity contribution >= 4 is 23.6 Å². The molecular weight excluding hydrogens is 276 g/mol. The van der Waals surface area contributed by atoms with Crippen LogP contribution in [-0.4, -0.2) is 33.3 Å². The molecular formula is C14H20N2O3S. The number of pyridine rings is 1. The van der Waals surface area contributed by atoms with Crippen molar-refractivity contribution in [1.29, 1.82) is 0 Å². The largest absolute Gasteiger partial charge is 0.477 e. The molecule has 0 radical (unpaired) electrons. The van der Waals surface area contributed by atoms with E-state index in [1.807, 2.05) is 6.92 Å². The van der Waals surface area contributed by atoms with Crippen LogP contribution in [0.5, 0.6) is 0 Å². The fourth-order valence-corrected chi connectivity index (χ4v) is 2.63. The van der Waals surface area contributed by atoms with Crippen LogP contribution in [0.15, 0.2) is 23.2 Å². The molecule has 0 aliphatic carbocycles. The van der Waals surface area contributed by atoms with Gasteiger partial charge in [0.05, 0.1) is 5.25 Å². The molecule has 110 valence electrons. The lowest BCUT2D eigenvalue weighted by Crippen LogP contribution is -2.37. The van der Waals surface area contributed by atoms with Crippen LogP contribution in [0, 0.1) is 0 Å². The number of aromatic nitrogens is 1. The summed E-state index contributed by atoms with van der Waals surface area (Å²) in [5.41, 5.74) is -0.0121. The Bertz CT molecular complexity index is 479. The molecule has 1 aromatic heterocycles. The van der Waals surface area contributed by atoms with E-state index in [4.69, 9.17) is 5.11 Å². The summed E-state index contributed by atoms with van der Waals surface area (Å²) in [7, 11) is 0. The molecule has 1 heterocycles. The van der Waals surface area contributed by atoms with E-state index >= 15 is 0 Å². The first-order valence-corrected chi connectivity index (χ1v) is 7.48. The number of hydrogen-bond donors (Lipinski definition) is 2. The van der Waals surface area contributed by atoms with Gasteiger partial charge in [-0.3, -0.25) is 4.79 Å². The van der Waals surface area contributed by atoms with E-state index in [-0.39, 0.29) is 22.9 Å². The lowest BCUT2D eigenvalue weighted by atomic mass is 10.2. The third-order valence-corrected chi connectivity index (χ3v) is 3.84. The molecule has 1 amide bonds. The van der Waals surface area contributed by atoms with Crippen LogP contribution >= 0.6 is 11.8 Å². The average molecular weight is 296 g/mol. The van der Waals surface area contributed by atoms with E-state index < -0.39 is 5.97 Å². The van der Waals surface area contributed by atoms with Crippen LogP contribution in [0.3, 0.4) is 0 Å². The summed E-state index contributed by atoms with van der Waals surface area (Å²) in [5.74, 6) is -1.11. The van der Waals surface area contributed by atoms with E-state index in [1.165, 1.54) is 24.0 Å². The maximum atomic E-state index is 12.0. The van der Waals surface area contributed by atoms with Gasteiger partial charge < -0.3 is 10.4 Å². The highest BCUT2D eigenvalue weighted by Gasteiger charge is 2.17. The second-order valence-electron chi connectivity index (χ2n) is 4.64. The van der Waals surface area contributed by atoms with Crippen LogP contribution < -0.4 is 5.32 Å². The van der Waals surface area contributed by atoms with Crippen molar-refractivity contribution in [2.24, 2.45) is 0 Å². The van der Waals surface area contributed by atoms with Crippen LogP contribution in [0.2, 0.25) is 0 Å². The smallest absolute Gasteiger partial charge is 0.354 e. The van der Waals surface area contributed by atoms with E-state index in [1.54, 1.807) is 13.0 Å². The van der Waals surface area contributed by atoms with Gasteiger partial charge in [0.2, 0.25) is 5.91 Å². The molecule has 0 spiro atoms. The van der Waals surface area contributed by atoms with Gasteiger partial charge in [0.1, 0.15) is 5.69 Å². The molecule has 0 fully saturated rings. The zero-order valence-electron chi connectivity index (χ0n) is 11.9. The molecule has 0 saturated heterocycles. The molecule has 2 N–H and O–H groups in total. The van der Waals surface area contributed by atoms with Gasteiger partial charge in [-0.2, -0.15) is 0 Å². The van der Waals surface area contributed by atoms with Gasteiger partial charge in [0, 0.05) is 17.1 Å². The van der Waals surface area contributed by atoms with Crippen LogP contribution in [0.4, 0.5) is 0 Å². The van der Waals surface area contributed by atoms with Gasteiger partial charge in [-0.15, -0.1) is 11.8 Å². The van der Waals surface area contributed by atoms with Crippen molar-refractivity contribution in [2.75, 3.05) is 0 Å². The van der Waals surface area contributed by atoms with E-state index in [9.17, 15) is 9.59 Å². The molecule has 2 unspecified atom stereocenters. The molecule has 0 saturated carbocycles. The Labute approximate surface area is 123 Å². The summed E-state index contributed by atoms with van der Waals surface area (Å²) < 4.78 is 0. The molecule has 20 heavy (non-hydrogen) atoms. The first-order chi connectivity index (χ1) is 9.43. The lowest BCUT2D eigenvalue weighted by molar-refractivity contribution is -0.120. The quantitative estimate of drug-likeness (QED) is 0.756. The Morgan fingerprint density at radius 3 is 2.75 bits per heavy atom. The minimum Gasteiger partial charge on any atom is -0.477 e. The summed E-state index contributed by atoms with van der Waals surface area (Å²) in [6.45, 7) is 5.86. The van der Waals surface area contributed by atoms with Crippen molar-refractivity contribution in [3.8, 4) is 0 Å². The molecule has 0 bridgehead atoms. The third kappa shape index (κ3) is 5.21. The second kappa shape index (κ2) is 7.89. The van der Waals surface area contributed by atoms with Gasteiger partial charge in [-0.25, -0.2) is 9.78 Å². The Morgan fingerprint density at radius 2 is 2.15 bits per heavy atom. The monoisotopic (exact) mass is 296 g/mol. The predicted octanol–water partition coefficient (Wildman–Crippen LogP) is 2.57. The van der Waals surface area contributed by atoms with Crippen molar-refractivity contribution in [2.45, 2.75) is 49.8 Å². The number of carbonyl (C=O) groups is 2. The van der Waals surface area contributed by atoms with Gasteiger partial charge in [0.15, 0.2) is 0 Å². The summed E-state index contributed by atoms with van der Waals surface area (Å²) in [4.78, 5) is 27.3. The predicted molar refractivity (Wildman–Crippen MR) is 79.0 cm³/mol. The maximum Gasteiger partial charge on any atom is 0.354 e. The van der Waals surface area contributed by atoms with E-state index in [2.05, 4.69) is 17.2 Å². The molecule has 0 aliphatic heterocycles. The van der Waals surface area contributed by atoms with Crippen molar-refractivity contribution < 1.29 is 14.7 Å². The van der Waals surface area contributed by atoms with Crippen molar-refractivity contribution in [3.63, 3.8) is 0 Å². The van der Waals surface area contributed by atoms with E-state index in [0.29, 0.717) is 0 Å². The molecule has 5 nitrogen and oxygen atoms in total. The average Bonchev–Trinajstić information content (AvgIpc) is 2.39. The van der Waals surface area contributed by atoms with Crippen LogP contribution in [-0.2, 0) is 4.79 Å². The summed E-state index contributed by atoms with van der Waals surface area (Å²) in [6, 6.07) is 3.34. The number of nitrogens with zero attached hydrogens (tertiary/aromatic N) is 1. The topological polar surface area (TPSA) is 79.3 Å². The molecule has 6 heteroatoms. The zero-order valence-corrected chi connectivity index (χ0v) is 12.7. The van der Waals surface area contributed by atoms with Gasteiger partial charge >= 0.3 is 5.97 Å². The lowest BCUT2D eigenvalue weighted by Gasteiger charge is -2.16. The molecule has 0 aliphatic rings. The zero-order chi connectivity index (χ0) is 15.1. The third-order valence-electron chi connectivity index (χ3n) is 2.74. The summed E-state index contributed by atoms with van der Waals surface area (Å²) >= 11 is 1.33. The fourth-order valence-electron chi connectivity index (χ4n) is 1.72. The Hall–Kier alpha value is -1.56. The summed E-state index contributed by atoms with van der Waals surface area (Å²) in [5, 5.41) is 11.5. The van der Waals surface area contributed by atoms with Gasteiger partial charge in [-0.1, -0.05) is 13.3 Å². The van der Waals surface area contributed by atoms with Gasteiger partial charge in [0.25, 0.3) is 0 Å². The van der Waals surface area contributed by atoms with Crippen molar-refractivity contribution in [3.05, 3.63) is 24.0 Å². The minimum atomic E-state index is -1.07. The highest BCUT2D eigenvalue weighted by molar-refractivity contribution is 8.00. The Kier molecular flexibility index (Phi) is 6.51. The number of hydrogen-bond acceptors (Lipinski definition) is 4. The van der Waals surface area contributed by atoms with Crippen LogP contribution in [0.25, 0.3) is 0 Å². The maximum absolute atomic E-state index is 12.0. The number of aromatic carboxylic acids is 1. The first-order valence-electron chi connectivity index (χ1n) is 6.60. The second-order valence-corrected chi connectivity index (χ2v) is 6.05. The fraction of sp³-hybridized carbons (Fsp3) is 0.500. The number of carboxylic acid groups (broad SMARTS) is 1. The minimum absolute atomic E-state index is 0.0121. The Morgan fingerprint density at radius 1 is 1.45 bits per heavy atom. The summed E-state index contributed by atoms with van der Waals surface area (Å²) in [6.07, 6.45) is 3.41. The van der Waals surface area contributed by atoms with Crippen LogP contribution in [0.1, 0.15) is 44.1 Å². The molecule has 2 atom stereocenters. The first kappa shape index (κ1) is 16.5. The normalized spacial score (nSPS) is 13.6. The number of carbonyl (C=O) groups excluding carboxylic acids is 1. The van der Waals surface area contributed by atoms with Gasteiger partial charge in [-0.05, 0) is 32.4 Å². The SMILES string of the molecule is CCCC(C)NC(=O)C(C)Sc1ccnc(C(=O)O)c1. The highest BCUT2D eigenvalue weighted by atomic mass is 32.2. The molecule has 0 aromatic carbocycles.